The lowest BCUT2D eigenvalue weighted by Crippen LogP contribution is -2.15. The van der Waals surface area contributed by atoms with E-state index in [2.05, 4.69) is 45.0 Å². The fraction of sp³-hybridized carbons (Fsp3) is 0.200. The van der Waals surface area contributed by atoms with Crippen LogP contribution in [0.5, 0.6) is 0 Å². The van der Waals surface area contributed by atoms with Crippen molar-refractivity contribution in [2.45, 2.75) is 26.2 Å². The Morgan fingerprint density at radius 3 is 2.10 bits per heavy atom. The first-order valence-electron chi connectivity index (χ1n) is 7.25. The predicted octanol–water partition coefficient (Wildman–Crippen LogP) is 5.94. The third-order valence-electron chi connectivity index (χ3n) is 3.84. The molecule has 0 fully saturated rings. The highest BCUT2D eigenvalue weighted by Gasteiger charge is 2.23. The van der Waals surface area contributed by atoms with E-state index in [0.29, 0.717) is 0 Å². The zero-order chi connectivity index (χ0) is 15.0. The van der Waals surface area contributed by atoms with Gasteiger partial charge in [0.25, 0.3) is 0 Å². The Morgan fingerprint density at radius 2 is 1.33 bits per heavy atom. The fourth-order valence-corrected chi connectivity index (χ4v) is 2.97. The van der Waals surface area contributed by atoms with Crippen molar-refractivity contribution in [2.75, 3.05) is 0 Å². The molecule has 0 aliphatic carbocycles. The van der Waals surface area contributed by atoms with Gasteiger partial charge in [0, 0.05) is 5.56 Å². The molecule has 21 heavy (non-hydrogen) atoms. The van der Waals surface area contributed by atoms with Crippen LogP contribution in [-0.4, -0.2) is 0 Å². The van der Waals surface area contributed by atoms with Gasteiger partial charge in [-0.2, -0.15) is 0 Å². The molecule has 0 bridgehead atoms. The van der Waals surface area contributed by atoms with Crippen molar-refractivity contribution in [1.29, 1.82) is 0 Å². The van der Waals surface area contributed by atoms with E-state index in [9.17, 15) is 4.39 Å². The number of halogens is 1. The molecule has 0 spiro atoms. The van der Waals surface area contributed by atoms with Crippen LogP contribution in [0, 0.1) is 5.82 Å². The minimum absolute atomic E-state index is 0.132. The van der Waals surface area contributed by atoms with Gasteiger partial charge in [-0.05, 0) is 33.4 Å². The SMILES string of the molecule is CC(C)(C)c1c(F)cccc1-c1cccc2ccccc12. The molecule has 0 N–H and O–H groups in total. The number of fused-ring (bicyclic) bond motifs is 1. The standard InChI is InChI=1S/C20H19F/c1-20(2,3)19-17(12-7-13-18(19)21)16-11-6-9-14-8-4-5-10-15(14)16/h4-13H,1-3H3. The van der Waals surface area contributed by atoms with E-state index in [1.165, 1.54) is 5.39 Å². The Bertz CT molecular complexity index is 789. The Hall–Kier alpha value is -2.15. The maximum Gasteiger partial charge on any atom is 0.127 e. The van der Waals surface area contributed by atoms with Crippen LogP contribution in [0.3, 0.4) is 0 Å². The van der Waals surface area contributed by atoms with Gasteiger partial charge in [0.1, 0.15) is 5.82 Å². The summed E-state index contributed by atoms with van der Waals surface area (Å²) >= 11 is 0. The van der Waals surface area contributed by atoms with Gasteiger partial charge in [-0.25, -0.2) is 4.39 Å². The smallest absolute Gasteiger partial charge is 0.127 e. The minimum atomic E-state index is -0.238. The molecule has 0 unspecified atom stereocenters. The molecule has 3 aromatic rings. The van der Waals surface area contributed by atoms with Crippen LogP contribution in [0.15, 0.2) is 60.7 Å². The average molecular weight is 278 g/mol. The summed E-state index contributed by atoms with van der Waals surface area (Å²) in [5.41, 5.74) is 2.62. The normalized spacial score (nSPS) is 11.8. The van der Waals surface area contributed by atoms with Crippen LogP contribution in [0.25, 0.3) is 21.9 Å². The Morgan fingerprint density at radius 1 is 0.714 bits per heavy atom. The molecular weight excluding hydrogens is 259 g/mol. The molecule has 0 saturated carbocycles. The molecule has 3 rings (SSSR count). The third-order valence-corrected chi connectivity index (χ3v) is 3.84. The average Bonchev–Trinajstić information content (AvgIpc) is 2.45. The lowest BCUT2D eigenvalue weighted by molar-refractivity contribution is 0.525. The summed E-state index contributed by atoms with van der Waals surface area (Å²) in [6.45, 7) is 6.17. The number of hydrogen-bond acceptors (Lipinski definition) is 0. The Labute approximate surface area is 125 Å². The molecule has 0 atom stereocenters. The third kappa shape index (κ3) is 2.44. The molecule has 0 radical (unpaired) electrons. The minimum Gasteiger partial charge on any atom is -0.207 e. The highest BCUT2D eigenvalue weighted by molar-refractivity contribution is 5.97. The first-order chi connectivity index (χ1) is 9.98. The van der Waals surface area contributed by atoms with E-state index in [4.69, 9.17) is 0 Å². The summed E-state index contributed by atoms with van der Waals surface area (Å²) in [5.74, 6) is -0.132. The quantitative estimate of drug-likeness (QED) is 0.516. The van der Waals surface area contributed by atoms with E-state index >= 15 is 0 Å². The molecule has 0 amide bonds. The molecular formula is C20H19F. The van der Waals surface area contributed by atoms with Crippen LogP contribution in [0.4, 0.5) is 4.39 Å². The van der Waals surface area contributed by atoms with Crippen molar-refractivity contribution in [3.63, 3.8) is 0 Å². The van der Waals surface area contributed by atoms with Crippen molar-refractivity contribution < 1.29 is 4.39 Å². The highest BCUT2D eigenvalue weighted by atomic mass is 19.1. The summed E-state index contributed by atoms with van der Waals surface area (Å²) in [4.78, 5) is 0. The van der Waals surface area contributed by atoms with Crippen LogP contribution in [0.1, 0.15) is 26.3 Å². The first-order valence-corrected chi connectivity index (χ1v) is 7.25. The number of hydrogen-bond donors (Lipinski definition) is 0. The van der Waals surface area contributed by atoms with Crippen molar-refractivity contribution in [1.82, 2.24) is 0 Å². The molecule has 0 saturated heterocycles. The van der Waals surface area contributed by atoms with Crippen LogP contribution >= 0.6 is 0 Å². The summed E-state index contributed by atoms with van der Waals surface area (Å²) in [6, 6.07) is 19.8. The number of rotatable bonds is 1. The van der Waals surface area contributed by atoms with E-state index in [1.54, 1.807) is 12.1 Å². The van der Waals surface area contributed by atoms with E-state index in [0.717, 1.165) is 22.1 Å². The zero-order valence-electron chi connectivity index (χ0n) is 12.7. The van der Waals surface area contributed by atoms with Gasteiger partial charge in [0.15, 0.2) is 0 Å². The maximum atomic E-state index is 14.4. The lowest BCUT2D eigenvalue weighted by Gasteiger charge is -2.24. The molecule has 0 aliphatic rings. The van der Waals surface area contributed by atoms with Gasteiger partial charge in [-0.1, -0.05) is 75.4 Å². The maximum absolute atomic E-state index is 14.4. The second-order valence-corrected chi connectivity index (χ2v) is 6.44. The van der Waals surface area contributed by atoms with E-state index in [-0.39, 0.29) is 11.2 Å². The van der Waals surface area contributed by atoms with Gasteiger partial charge in [0.2, 0.25) is 0 Å². The molecule has 0 heterocycles. The van der Waals surface area contributed by atoms with Crippen LogP contribution in [0.2, 0.25) is 0 Å². The molecule has 0 aromatic heterocycles. The topological polar surface area (TPSA) is 0 Å². The van der Waals surface area contributed by atoms with Crippen LogP contribution in [-0.2, 0) is 5.41 Å². The summed E-state index contributed by atoms with van der Waals surface area (Å²) in [5, 5.41) is 2.34. The summed E-state index contributed by atoms with van der Waals surface area (Å²) < 4.78 is 14.4. The summed E-state index contributed by atoms with van der Waals surface area (Å²) in [6.07, 6.45) is 0. The van der Waals surface area contributed by atoms with Gasteiger partial charge in [0.05, 0.1) is 0 Å². The van der Waals surface area contributed by atoms with Crippen molar-refractivity contribution >= 4 is 10.8 Å². The van der Waals surface area contributed by atoms with Gasteiger partial charge in [-0.15, -0.1) is 0 Å². The molecule has 0 aliphatic heterocycles. The largest absolute Gasteiger partial charge is 0.207 e. The van der Waals surface area contributed by atoms with Gasteiger partial charge < -0.3 is 0 Å². The Kier molecular flexibility index (Phi) is 3.29. The number of benzene rings is 3. The monoisotopic (exact) mass is 278 g/mol. The van der Waals surface area contributed by atoms with Crippen LogP contribution < -0.4 is 0 Å². The lowest BCUT2D eigenvalue weighted by atomic mass is 9.80. The molecule has 106 valence electrons. The predicted molar refractivity (Wildman–Crippen MR) is 88.0 cm³/mol. The van der Waals surface area contributed by atoms with Crippen molar-refractivity contribution in [3.8, 4) is 11.1 Å². The van der Waals surface area contributed by atoms with Crippen molar-refractivity contribution in [2.24, 2.45) is 0 Å². The Balaban J connectivity index is 2.37. The molecule has 0 nitrogen and oxygen atoms in total. The molecule has 1 heteroatoms. The van der Waals surface area contributed by atoms with Gasteiger partial charge >= 0.3 is 0 Å². The zero-order valence-corrected chi connectivity index (χ0v) is 12.7. The second-order valence-electron chi connectivity index (χ2n) is 6.44. The fourth-order valence-electron chi connectivity index (χ4n) is 2.97. The summed E-state index contributed by atoms with van der Waals surface area (Å²) in [7, 11) is 0. The molecule has 3 aromatic carbocycles. The first kappa shape index (κ1) is 13.8. The van der Waals surface area contributed by atoms with E-state index in [1.807, 2.05) is 24.3 Å². The van der Waals surface area contributed by atoms with Crippen molar-refractivity contribution in [3.05, 3.63) is 72.0 Å². The highest BCUT2D eigenvalue weighted by Crippen LogP contribution is 2.37. The second kappa shape index (κ2) is 5.00. The van der Waals surface area contributed by atoms with E-state index < -0.39 is 0 Å². The van der Waals surface area contributed by atoms with Gasteiger partial charge in [-0.3, -0.25) is 0 Å².